The average molecular weight is 287 g/mol. The van der Waals surface area contributed by atoms with E-state index in [1.165, 1.54) is 36.3 Å². The van der Waals surface area contributed by atoms with E-state index in [1.807, 2.05) is 24.3 Å². The number of rotatable bonds is 7. The highest BCUT2D eigenvalue weighted by Gasteiger charge is 1.93. The van der Waals surface area contributed by atoms with E-state index in [4.69, 9.17) is 5.73 Å². The quantitative estimate of drug-likeness (QED) is 0.414. The molecule has 0 atom stereocenters. The van der Waals surface area contributed by atoms with Crippen LogP contribution in [0.5, 0.6) is 0 Å². The van der Waals surface area contributed by atoms with Crippen LogP contribution in [0.1, 0.15) is 46.5 Å². The molecule has 1 rings (SSSR count). The largest absolute Gasteiger partial charge is 0.399 e. The fourth-order valence-corrected chi connectivity index (χ4v) is 2.53. The number of nitrogens with two attached hydrogens (primary N) is 1. The molecule has 3 N–H and O–H groups in total. The molecule has 0 aliphatic carbocycles. The molecule has 2 nitrogen and oxygen atoms in total. The van der Waals surface area contributed by atoms with Gasteiger partial charge in [-0.15, -0.1) is 0 Å². The molecule has 1 aromatic rings. The molecule has 0 aliphatic rings. The van der Waals surface area contributed by atoms with Crippen LogP contribution in [0.3, 0.4) is 0 Å². The van der Waals surface area contributed by atoms with Gasteiger partial charge < -0.3 is 5.73 Å². The van der Waals surface area contributed by atoms with E-state index in [2.05, 4.69) is 24.9 Å². The van der Waals surface area contributed by atoms with E-state index in [0.29, 0.717) is 0 Å². The molecule has 1 aromatic carbocycles. The summed E-state index contributed by atoms with van der Waals surface area (Å²) in [5.41, 5.74) is 6.40. The Kier molecular flexibility index (Phi) is 12.9. The van der Waals surface area contributed by atoms with E-state index in [0.717, 1.165) is 5.69 Å². The molecule has 18 heavy (non-hydrogen) atoms. The molecule has 0 saturated heterocycles. The van der Waals surface area contributed by atoms with Gasteiger partial charge in [0.1, 0.15) is 0 Å². The molecule has 0 aromatic heterocycles. The predicted octanol–water partition coefficient (Wildman–Crippen LogP) is 5.12. The first-order chi connectivity index (χ1) is 8.74. The third-order valence-electron chi connectivity index (χ3n) is 2.20. The lowest BCUT2D eigenvalue weighted by atomic mass is 10.3. The monoisotopic (exact) mass is 286 g/mol. The molecule has 0 unspecified atom stereocenters. The zero-order valence-corrected chi connectivity index (χ0v) is 13.4. The van der Waals surface area contributed by atoms with Crippen molar-refractivity contribution in [2.24, 2.45) is 0 Å². The smallest absolute Gasteiger partial charge is 0.0314 e. The SMILES string of the molecule is CCCC.CCCCSNSc1ccc(N)cc1. The molecular weight excluding hydrogens is 260 g/mol. The molecule has 0 aliphatic heterocycles. The topological polar surface area (TPSA) is 38.0 Å². The lowest BCUT2D eigenvalue weighted by Gasteiger charge is -2.02. The fraction of sp³-hybridized carbons (Fsp3) is 0.571. The minimum atomic E-state index is 0.813. The van der Waals surface area contributed by atoms with E-state index in [9.17, 15) is 0 Å². The Morgan fingerprint density at radius 3 is 2.11 bits per heavy atom. The summed E-state index contributed by atoms with van der Waals surface area (Å²) in [6, 6.07) is 7.88. The van der Waals surface area contributed by atoms with Gasteiger partial charge in [0.25, 0.3) is 0 Å². The summed E-state index contributed by atoms with van der Waals surface area (Å²) >= 11 is 3.40. The van der Waals surface area contributed by atoms with Gasteiger partial charge in [-0.25, -0.2) is 4.13 Å². The van der Waals surface area contributed by atoms with E-state index in [-0.39, 0.29) is 0 Å². The molecule has 0 heterocycles. The van der Waals surface area contributed by atoms with Crippen molar-refractivity contribution in [2.75, 3.05) is 11.5 Å². The van der Waals surface area contributed by atoms with Crippen LogP contribution in [0.25, 0.3) is 0 Å². The second-order valence-electron chi connectivity index (χ2n) is 3.96. The first-order valence-electron chi connectivity index (χ1n) is 6.63. The van der Waals surface area contributed by atoms with Crippen molar-refractivity contribution in [1.82, 2.24) is 4.13 Å². The van der Waals surface area contributed by atoms with E-state index in [1.54, 1.807) is 23.9 Å². The van der Waals surface area contributed by atoms with Gasteiger partial charge in [0.2, 0.25) is 0 Å². The predicted molar refractivity (Wildman–Crippen MR) is 87.8 cm³/mol. The second-order valence-corrected chi connectivity index (χ2v) is 6.00. The zero-order valence-electron chi connectivity index (χ0n) is 11.7. The highest BCUT2D eigenvalue weighted by Crippen LogP contribution is 2.18. The summed E-state index contributed by atoms with van der Waals surface area (Å²) in [5, 5.41) is 0. The van der Waals surface area contributed by atoms with Gasteiger partial charge in [0.05, 0.1) is 0 Å². The number of hydrogen-bond donors (Lipinski definition) is 2. The maximum atomic E-state index is 5.59. The molecular formula is C14H26N2S2. The molecule has 104 valence electrons. The van der Waals surface area contributed by atoms with Crippen LogP contribution in [-0.2, 0) is 0 Å². The van der Waals surface area contributed by atoms with Crippen molar-refractivity contribution in [3.63, 3.8) is 0 Å². The van der Waals surface area contributed by atoms with Crippen molar-refractivity contribution < 1.29 is 0 Å². The summed E-state index contributed by atoms with van der Waals surface area (Å²) in [6.45, 7) is 6.56. The first-order valence-corrected chi connectivity index (χ1v) is 8.43. The van der Waals surface area contributed by atoms with Crippen LogP contribution in [0, 0.1) is 0 Å². The summed E-state index contributed by atoms with van der Waals surface area (Å²) in [6.07, 6.45) is 5.15. The third-order valence-corrected chi connectivity index (χ3v) is 4.00. The Bertz CT molecular complexity index is 274. The first kappa shape index (κ1) is 17.7. The fourth-order valence-electron chi connectivity index (χ4n) is 0.872. The molecule has 0 radical (unpaired) electrons. The Labute approximate surface area is 121 Å². The molecule has 0 saturated carbocycles. The number of unbranched alkanes of at least 4 members (excludes halogenated alkanes) is 2. The van der Waals surface area contributed by atoms with Crippen molar-refractivity contribution >= 4 is 29.6 Å². The normalized spacial score (nSPS) is 9.72. The summed E-state index contributed by atoms with van der Waals surface area (Å²) in [4.78, 5) is 1.20. The third kappa shape index (κ3) is 10.8. The number of benzene rings is 1. The van der Waals surface area contributed by atoms with Crippen LogP contribution in [0.15, 0.2) is 29.2 Å². The number of nitrogens with one attached hydrogen (secondary N) is 1. The van der Waals surface area contributed by atoms with Crippen LogP contribution in [-0.4, -0.2) is 5.75 Å². The van der Waals surface area contributed by atoms with Crippen LogP contribution < -0.4 is 9.86 Å². The molecule has 4 heteroatoms. The standard InChI is InChI=1S/C10H16N2S2.C4H10/c1-2-3-8-13-12-14-10-6-4-9(11)5-7-10;1-3-4-2/h4-7,12H,2-3,8,11H2,1H3;3-4H2,1-2H3. The summed E-state index contributed by atoms with van der Waals surface area (Å²) < 4.78 is 3.25. The Balaban J connectivity index is 0.000000631. The highest BCUT2D eigenvalue weighted by atomic mass is 32.2. The van der Waals surface area contributed by atoms with Crippen molar-refractivity contribution in [3.8, 4) is 0 Å². The van der Waals surface area contributed by atoms with Crippen LogP contribution >= 0.6 is 23.9 Å². The Morgan fingerprint density at radius 1 is 1.00 bits per heavy atom. The zero-order chi connectivity index (χ0) is 13.6. The minimum Gasteiger partial charge on any atom is -0.399 e. The van der Waals surface area contributed by atoms with Gasteiger partial charge in [-0.3, -0.25) is 0 Å². The Hall–Kier alpha value is -0.320. The van der Waals surface area contributed by atoms with Crippen molar-refractivity contribution in [1.29, 1.82) is 0 Å². The molecule has 0 bridgehead atoms. The summed E-state index contributed by atoms with van der Waals surface area (Å²) in [5.74, 6) is 1.17. The number of nitrogen functional groups attached to an aromatic ring is 1. The lowest BCUT2D eigenvalue weighted by molar-refractivity contribution is 0.886. The molecule has 0 amide bonds. The van der Waals surface area contributed by atoms with Gasteiger partial charge in [-0.05, 0) is 42.6 Å². The van der Waals surface area contributed by atoms with Gasteiger partial charge in [-0.1, -0.05) is 52.0 Å². The van der Waals surface area contributed by atoms with E-state index < -0.39 is 0 Å². The number of hydrogen-bond acceptors (Lipinski definition) is 4. The molecule has 0 fully saturated rings. The van der Waals surface area contributed by atoms with Gasteiger partial charge in [0, 0.05) is 16.3 Å². The van der Waals surface area contributed by atoms with Gasteiger partial charge in [-0.2, -0.15) is 0 Å². The maximum absolute atomic E-state index is 5.59. The van der Waals surface area contributed by atoms with Crippen LogP contribution in [0.4, 0.5) is 5.69 Å². The van der Waals surface area contributed by atoms with Crippen LogP contribution in [0.2, 0.25) is 0 Å². The lowest BCUT2D eigenvalue weighted by Crippen LogP contribution is -1.92. The second kappa shape index (κ2) is 13.1. The minimum absolute atomic E-state index is 0.813. The van der Waals surface area contributed by atoms with Gasteiger partial charge >= 0.3 is 0 Å². The average Bonchev–Trinajstić information content (AvgIpc) is 2.41. The summed E-state index contributed by atoms with van der Waals surface area (Å²) in [7, 11) is 0. The van der Waals surface area contributed by atoms with Gasteiger partial charge in [0.15, 0.2) is 0 Å². The number of anilines is 1. The van der Waals surface area contributed by atoms with Crippen molar-refractivity contribution in [2.45, 2.75) is 51.3 Å². The Morgan fingerprint density at radius 2 is 1.61 bits per heavy atom. The van der Waals surface area contributed by atoms with E-state index >= 15 is 0 Å². The maximum Gasteiger partial charge on any atom is 0.0314 e. The highest BCUT2D eigenvalue weighted by molar-refractivity contribution is 8.12. The molecule has 0 spiro atoms. The van der Waals surface area contributed by atoms with Crippen molar-refractivity contribution in [3.05, 3.63) is 24.3 Å².